The van der Waals surface area contributed by atoms with Crippen LogP contribution >= 0.6 is 0 Å². The first kappa shape index (κ1) is 13.7. The molecule has 0 bridgehead atoms. The van der Waals surface area contributed by atoms with Crippen LogP contribution in [0.3, 0.4) is 0 Å². The predicted molar refractivity (Wildman–Crippen MR) is 60.0 cm³/mol. The Kier molecular flexibility index (Phi) is 3.01. The summed E-state index contributed by atoms with van der Waals surface area (Å²) in [5.74, 6) is 0. The lowest BCUT2D eigenvalue weighted by atomic mass is 9.64. The standard InChI is InChI=1S/C13H11F4NO/c1-11(14)6-12(7-11,18-8-19)9-2-4-10(5-3-9)13(15,16)17/h2-5H,6-7H2,1H3. The summed E-state index contributed by atoms with van der Waals surface area (Å²) in [5, 5.41) is 0. The first-order valence-electron chi connectivity index (χ1n) is 5.64. The fourth-order valence-electron chi connectivity index (χ4n) is 2.57. The first-order chi connectivity index (χ1) is 8.69. The molecule has 0 spiro atoms. The van der Waals surface area contributed by atoms with Crippen LogP contribution in [0, 0.1) is 0 Å². The van der Waals surface area contributed by atoms with Crippen LogP contribution in [0.4, 0.5) is 17.6 Å². The third-order valence-corrected chi connectivity index (χ3v) is 3.33. The Morgan fingerprint density at radius 1 is 1.21 bits per heavy atom. The van der Waals surface area contributed by atoms with E-state index < -0.39 is 22.9 Å². The average Bonchev–Trinajstić information content (AvgIpc) is 2.25. The van der Waals surface area contributed by atoms with Crippen molar-refractivity contribution < 1.29 is 22.4 Å². The lowest BCUT2D eigenvalue weighted by Gasteiger charge is -2.46. The van der Waals surface area contributed by atoms with Gasteiger partial charge in [-0.2, -0.15) is 18.2 Å². The molecule has 1 saturated carbocycles. The number of benzene rings is 1. The number of halogens is 4. The van der Waals surface area contributed by atoms with Crippen molar-refractivity contribution in [3.8, 4) is 0 Å². The molecule has 0 unspecified atom stereocenters. The topological polar surface area (TPSA) is 29.4 Å². The Labute approximate surface area is 107 Å². The lowest BCUT2D eigenvalue weighted by Crippen LogP contribution is -2.48. The molecular formula is C13H11F4NO. The second-order valence-corrected chi connectivity index (χ2v) is 5.08. The molecule has 0 heterocycles. The Morgan fingerprint density at radius 3 is 2.11 bits per heavy atom. The van der Waals surface area contributed by atoms with Crippen molar-refractivity contribution >= 4 is 6.08 Å². The quantitative estimate of drug-likeness (QED) is 0.458. The van der Waals surface area contributed by atoms with Crippen LogP contribution in [-0.4, -0.2) is 11.7 Å². The molecule has 0 N–H and O–H groups in total. The van der Waals surface area contributed by atoms with Crippen LogP contribution < -0.4 is 0 Å². The number of hydrogen-bond acceptors (Lipinski definition) is 2. The maximum Gasteiger partial charge on any atom is 0.416 e. The minimum Gasteiger partial charge on any atom is -0.244 e. The molecule has 0 aromatic heterocycles. The summed E-state index contributed by atoms with van der Waals surface area (Å²) in [7, 11) is 0. The first-order valence-corrected chi connectivity index (χ1v) is 5.64. The molecule has 6 heteroatoms. The van der Waals surface area contributed by atoms with E-state index in [9.17, 15) is 22.4 Å². The molecule has 0 aliphatic heterocycles. The van der Waals surface area contributed by atoms with E-state index in [1.807, 2.05) is 0 Å². The van der Waals surface area contributed by atoms with Crippen molar-refractivity contribution in [1.82, 2.24) is 0 Å². The summed E-state index contributed by atoms with van der Waals surface area (Å²) in [6.45, 7) is 1.37. The molecule has 102 valence electrons. The van der Waals surface area contributed by atoms with Crippen LogP contribution in [0.1, 0.15) is 30.9 Å². The second-order valence-electron chi connectivity index (χ2n) is 5.08. The van der Waals surface area contributed by atoms with Gasteiger partial charge in [0.05, 0.1) is 5.56 Å². The van der Waals surface area contributed by atoms with Crippen molar-refractivity contribution in [3.63, 3.8) is 0 Å². The maximum atomic E-state index is 13.6. The highest BCUT2D eigenvalue weighted by Gasteiger charge is 2.54. The van der Waals surface area contributed by atoms with Crippen molar-refractivity contribution in [2.24, 2.45) is 4.99 Å². The Bertz CT molecular complexity index is 519. The highest BCUT2D eigenvalue weighted by atomic mass is 19.4. The monoisotopic (exact) mass is 273 g/mol. The molecule has 0 saturated heterocycles. The summed E-state index contributed by atoms with van der Waals surface area (Å²) in [6, 6.07) is 4.29. The normalized spacial score (nSPS) is 30.4. The van der Waals surface area contributed by atoms with Gasteiger partial charge in [0.15, 0.2) is 0 Å². The largest absolute Gasteiger partial charge is 0.416 e. The van der Waals surface area contributed by atoms with Gasteiger partial charge < -0.3 is 0 Å². The van der Waals surface area contributed by atoms with Crippen LogP contribution in [-0.2, 0) is 16.5 Å². The number of nitrogens with zero attached hydrogens (tertiary/aromatic N) is 1. The van der Waals surface area contributed by atoms with Gasteiger partial charge in [0.2, 0.25) is 6.08 Å². The zero-order valence-electron chi connectivity index (χ0n) is 10.1. The third kappa shape index (κ3) is 2.54. The van der Waals surface area contributed by atoms with E-state index in [2.05, 4.69) is 4.99 Å². The molecule has 0 radical (unpaired) electrons. The SMILES string of the molecule is CC1(F)CC(N=C=O)(c2ccc(C(F)(F)F)cc2)C1. The van der Waals surface area contributed by atoms with Crippen LogP contribution in [0.25, 0.3) is 0 Å². The van der Waals surface area contributed by atoms with E-state index in [0.29, 0.717) is 5.56 Å². The maximum absolute atomic E-state index is 13.6. The summed E-state index contributed by atoms with van der Waals surface area (Å²) >= 11 is 0. The summed E-state index contributed by atoms with van der Waals surface area (Å²) < 4.78 is 50.9. The van der Waals surface area contributed by atoms with Crippen molar-refractivity contribution in [1.29, 1.82) is 0 Å². The number of isocyanates is 1. The van der Waals surface area contributed by atoms with Crippen molar-refractivity contribution in [2.45, 2.75) is 37.1 Å². The Hall–Kier alpha value is -1.68. The Balaban J connectivity index is 2.33. The van der Waals surface area contributed by atoms with E-state index in [4.69, 9.17) is 0 Å². The summed E-state index contributed by atoms with van der Waals surface area (Å²) in [6.07, 6.45) is -3.10. The van der Waals surface area contributed by atoms with E-state index >= 15 is 0 Å². The number of carbonyl (C=O) groups excluding carboxylic acids is 1. The van der Waals surface area contributed by atoms with E-state index in [0.717, 1.165) is 12.1 Å². The highest BCUT2D eigenvalue weighted by molar-refractivity contribution is 5.41. The molecule has 2 rings (SSSR count). The molecule has 1 aromatic rings. The molecule has 1 fully saturated rings. The smallest absolute Gasteiger partial charge is 0.244 e. The second kappa shape index (κ2) is 4.17. The Morgan fingerprint density at radius 2 is 1.74 bits per heavy atom. The molecular weight excluding hydrogens is 262 g/mol. The van der Waals surface area contributed by atoms with Gasteiger partial charge in [0.1, 0.15) is 11.2 Å². The van der Waals surface area contributed by atoms with Crippen molar-refractivity contribution in [3.05, 3.63) is 35.4 Å². The van der Waals surface area contributed by atoms with Gasteiger partial charge in [0, 0.05) is 12.8 Å². The average molecular weight is 273 g/mol. The number of hydrogen-bond donors (Lipinski definition) is 0. The zero-order chi connectivity index (χ0) is 14.3. The fraction of sp³-hybridized carbons (Fsp3) is 0.462. The molecule has 0 amide bonds. The van der Waals surface area contributed by atoms with Crippen LogP contribution in [0.15, 0.2) is 29.3 Å². The minimum absolute atomic E-state index is 0.0272. The van der Waals surface area contributed by atoms with E-state index in [1.54, 1.807) is 0 Å². The highest BCUT2D eigenvalue weighted by Crippen LogP contribution is 2.53. The molecule has 1 aliphatic carbocycles. The van der Waals surface area contributed by atoms with Gasteiger partial charge in [-0.15, -0.1) is 0 Å². The van der Waals surface area contributed by atoms with Crippen LogP contribution in [0.5, 0.6) is 0 Å². The van der Waals surface area contributed by atoms with Gasteiger partial charge in [-0.1, -0.05) is 12.1 Å². The third-order valence-electron chi connectivity index (χ3n) is 3.33. The molecule has 0 atom stereocenters. The van der Waals surface area contributed by atoms with Crippen LogP contribution in [0.2, 0.25) is 0 Å². The predicted octanol–water partition coefficient (Wildman–Crippen LogP) is 3.76. The molecule has 19 heavy (non-hydrogen) atoms. The van der Waals surface area contributed by atoms with Gasteiger partial charge in [-0.05, 0) is 24.6 Å². The molecule has 2 nitrogen and oxygen atoms in total. The lowest BCUT2D eigenvalue weighted by molar-refractivity contribution is -0.137. The van der Waals surface area contributed by atoms with Gasteiger partial charge in [-0.3, -0.25) is 0 Å². The van der Waals surface area contributed by atoms with E-state index in [-0.39, 0.29) is 12.8 Å². The molecule has 1 aliphatic rings. The number of alkyl halides is 4. The number of aliphatic imine (C=N–C) groups is 1. The zero-order valence-corrected chi connectivity index (χ0v) is 10.1. The minimum atomic E-state index is -4.42. The van der Waals surface area contributed by atoms with Gasteiger partial charge >= 0.3 is 6.18 Å². The van der Waals surface area contributed by atoms with Gasteiger partial charge in [0.25, 0.3) is 0 Å². The summed E-state index contributed by atoms with van der Waals surface area (Å²) in [5.41, 5.74) is -2.92. The fourth-order valence-corrected chi connectivity index (χ4v) is 2.57. The summed E-state index contributed by atoms with van der Waals surface area (Å²) in [4.78, 5) is 14.0. The molecule has 1 aromatic carbocycles. The van der Waals surface area contributed by atoms with Gasteiger partial charge in [-0.25, -0.2) is 9.18 Å². The van der Waals surface area contributed by atoms with Crippen molar-refractivity contribution in [2.75, 3.05) is 0 Å². The van der Waals surface area contributed by atoms with E-state index in [1.165, 1.54) is 25.1 Å². The number of rotatable bonds is 2.